The maximum atomic E-state index is 12.8. The van der Waals surface area contributed by atoms with Crippen LogP contribution in [0.3, 0.4) is 0 Å². The van der Waals surface area contributed by atoms with Gasteiger partial charge >= 0.3 is 0 Å². The molecule has 2 atom stereocenters. The molecular formula is C20H28N2O3. The van der Waals surface area contributed by atoms with Gasteiger partial charge in [-0.05, 0) is 61.3 Å². The number of methoxy groups -OCH3 is 2. The molecule has 1 aromatic carbocycles. The molecule has 1 aromatic rings. The second kappa shape index (κ2) is 6.87. The molecule has 3 aliphatic heterocycles. The second-order valence-electron chi connectivity index (χ2n) is 7.72. The van der Waals surface area contributed by atoms with Gasteiger partial charge in [0.15, 0.2) is 11.5 Å². The summed E-state index contributed by atoms with van der Waals surface area (Å²) in [5, 5.41) is 3.66. The highest BCUT2D eigenvalue weighted by molar-refractivity contribution is 5.77. The third kappa shape index (κ3) is 3.34. The minimum Gasteiger partial charge on any atom is -0.493 e. The van der Waals surface area contributed by atoms with Crippen molar-refractivity contribution < 1.29 is 14.3 Å². The van der Waals surface area contributed by atoms with Crippen LogP contribution in [-0.2, 0) is 17.8 Å². The third-order valence-electron chi connectivity index (χ3n) is 6.10. The Balaban J connectivity index is 1.42. The normalized spacial score (nSPS) is 27.8. The Kier molecular flexibility index (Phi) is 4.59. The topological polar surface area (TPSA) is 50.8 Å². The molecule has 4 rings (SSSR count). The van der Waals surface area contributed by atoms with Crippen molar-refractivity contribution in [2.45, 2.75) is 57.2 Å². The Bertz CT molecular complexity index is 649. The maximum absolute atomic E-state index is 12.8. The van der Waals surface area contributed by atoms with Crippen molar-refractivity contribution in [3.63, 3.8) is 0 Å². The lowest BCUT2D eigenvalue weighted by Gasteiger charge is -2.33. The SMILES string of the molecule is COc1cc2c(cc1OC)CN(C(=O)CC1CC3CCC(C1)N3)CC2. The average molecular weight is 344 g/mol. The number of piperidine rings is 1. The van der Waals surface area contributed by atoms with E-state index >= 15 is 0 Å². The van der Waals surface area contributed by atoms with Crippen LogP contribution >= 0.6 is 0 Å². The average Bonchev–Trinajstić information content (AvgIpc) is 2.98. The van der Waals surface area contributed by atoms with Gasteiger partial charge in [0.05, 0.1) is 14.2 Å². The molecule has 1 N–H and O–H groups in total. The molecule has 0 spiro atoms. The largest absolute Gasteiger partial charge is 0.493 e. The first-order valence-electron chi connectivity index (χ1n) is 9.44. The Labute approximate surface area is 149 Å². The molecule has 2 unspecified atom stereocenters. The van der Waals surface area contributed by atoms with Crippen LogP contribution in [0.1, 0.15) is 43.2 Å². The Hall–Kier alpha value is -1.75. The number of nitrogens with zero attached hydrogens (tertiary/aromatic N) is 1. The number of hydrogen-bond donors (Lipinski definition) is 1. The van der Waals surface area contributed by atoms with Gasteiger partial charge in [-0.2, -0.15) is 0 Å². The number of carbonyl (C=O) groups is 1. The summed E-state index contributed by atoms with van der Waals surface area (Å²) >= 11 is 0. The van der Waals surface area contributed by atoms with Gasteiger partial charge in [-0.15, -0.1) is 0 Å². The molecule has 0 aromatic heterocycles. The van der Waals surface area contributed by atoms with Gasteiger partial charge in [0.1, 0.15) is 0 Å². The second-order valence-corrected chi connectivity index (χ2v) is 7.72. The number of amides is 1. The summed E-state index contributed by atoms with van der Waals surface area (Å²) in [6, 6.07) is 5.38. The predicted octanol–water partition coefficient (Wildman–Crippen LogP) is 2.51. The Morgan fingerprint density at radius 2 is 1.76 bits per heavy atom. The van der Waals surface area contributed by atoms with E-state index in [0.29, 0.717) is 36.9 Å². The van der Waals surface area contributed by atoms with Crippen molar-refractivity contribution in [2.75, 3.05) is 20.8 Å². The van der Waals surface area contributed by atoms with Crippen molar-refractivity contribution in [1.29, 1.82) is 0 Å². The van der Waals surface area contributed by atoms with Crippen LogP contribution in [0.2, 0.25) is 0 Å². The molecule has 136 valence electrons. The van der Waals surface area contributed by atoms with Gasteiger partial charge in [-0.1, -0.05) is 0 Å². The number of rotatable bonds is 4. The molecule has 2 fully saturated rings. The third-order valence-corrected chi connectivity index (χ3v) is 6.10. The lowest BCUT2D eigenvalue weighted by atomic mass is 9.89. The molecule has 25 heavy (non-hydrogen) atoms. The lowest BCUT2D eigenvalue weighted by Crippen LogP contribution is -2.41. The fourth-order valence-electron chi connectivity index (χ4n) is 4.81. The number of hydrogen-bond acceptors (Lipinski definition) is 4. The van der Waals surface area contributed by atoms with Crippen molar-refractivity contribution in [3.8, 4) is 11.5 Å². The van der Waals surface area contributed by atoms with E-state index in [1.807, 2.05) is 11.0 Å². The summed E-state index contributed by atoms with van der Waals surface area (Å²) in [5.74, 6) is 2.38. The molecule has 2 saturated heterocycles. The highest BCUT2D eigenvalue weighted by Gasteiger charge is 2.35. The number of carbonyl (C=O) groups excluding carboxylic acids is 1. The summed E-state index contributed by atoms with van der Waals surface area (Å²) in [6.07, 6.45) is 6.49. The van der Waals surface area contributed by atoms with Crippen molar-refractivity contribution in [3.05, 3.63) is 23.3 Å². The maximum Gasteiger partial charge on any atom is 0.223 e. The minimum atomic E-state index is 0.312. The molecule has 2 bridgehead atoms. The highest BCUT2D eigenvalue weighted by Crippen LogP contribution is 2.35. The van der Waals surface area contributed by atoms with Crippen molar-refractivity contribution >= 4 is 5.91 Å². The zero-order chi connectivity index (χ0) is 17.4. The van der Waals surface area contributed by atoms with E-state index in [1.165, 1.54) is 24.0 Å². The summed E-state index contributed by atoms with van der Waals surface area (Å²) < 4.78 is 10.8. The first-order chi connectivity index (χ1) is 12.2. The number of nitrogens with one attached hydrogen (secondary N) is 1. The van der Waals surface area contributed by atoms with Crippen LogP contribution in [0, 0.1) is 5.92 Å². The first-order valence-corrected chi connectivity index (χ1v) is 9.44. The zero-order valence-corrected chi connectivity index (χ0v) is 15.2. The van der Waals surface area contributed by atoms with Gasteiger partial charge < -0.3 is 19.7 Å². The number of ether oxygens (including phenoxy) is 2. The first kappa shape index (κ1) is 16.7. The van der Waals surface area contributed by atoms with E-state index in [0.717, 1.165) is 37.3 Å². The fourth-order valence-corrected chi connectivity index (χ4v) is 4.81. The summed E-state index contributed by atoms with van der Waals surface area (Å²) in [5.41, 5.74) is 2.45. The van der Waals surface area contributed by atoms with E-state index in [9.17, 15) is 4.79 Å². The van der Waals surface area contributed by atoms with E-state index in [-0.39, 0.29) is 0 Å². The predicted molar refractivity (Wildman–Crippen MR) is 96.0 cm³/mol. The van der Waals surface area contributed by atoms with Crippen molar-refractivity contribution in [1.82, 2.24) is 10.2 Å². The highest BCUT2D eigenvalue weighted by atomic mass is 16.5. The summed E-state index contributed by atoms with van der Waals surface area (Å²) in [7, 11) is 3.32. The van der Waals surface area contributed by atoms with Gasteiger partial charge in [0.2, 0.25) is 5.91 Å². The molecule has 5 heteroatoms. The van der Waals surface area contributed by atoms with E-state index in [1.54, 1.807) is 14.2 Å². The van der Waals surface area contributed by atoms with Crippen LogP contribution in [-0.4, -0.2) is 43.7 Å². The van der Waals surface area contributed by atoms with Gasteiger partial charge in [0.25, 0.3) is 0 Å². The minimum absolute atomic E-state index is 0.312. The van der Waals surface area contributed by atoms with Crippen LogP contribution in [0.4, 0.5) is 0 Å². The van der Waals surface area contributed by atoms with Gasteiger partial charge in [-0.25, -0.2) is 0 Å². The fraction of sp³-hybridized carbons (Fsp3) is 0.650. The van der Waals surface area contributed by atoms with E-state index < -0.39 is 0 Å². The molecule has 1 amide bonds. The number of fused-ring (bicyclic) bond motifs is 3. The molecule has 3 aliphatic rings. The van der Waals surface area contributed by atoms with Crippen LogP contribution < -0.4 is 14.8 Å². The molecule has 0 radical (unpaired) electrons. The zero-order valence-electron chi connectivity index (χ0n) is 15.2. The van der Waals surface area contributed by atoms with Gasteiger partial charge in [-0.3, -0.25) is 4.79 Å². The van der Waals surface area contributed by atoms with E-state index in [4.69, 9.17) is 9.47 Å². The molecule has 0 aliphatic carbocycles. The quantitative estimate of drug-likeness (QED) is 0.912. The number of benzene rings is 1. The van der Waals surface area contributed by atoms with Gasteiger partial charge in [0, 0.05) is 31.6 Å². The lowest BCUT2D eigenvalue weighted by molar-refractivity contribution is -0.133. The molecular weight excluding hydrogens is 316 g/mol. The van der Waals surface area contributed by atoms with Crippen LogP contribution in [0.25, 0.3) is 0 Å². The monoisotopic (exact) mass is 344 g/mol. The van der Waals surface area contributed by atoms with Crippen molar-refractivity contribution in [2.24, 2.45) is 5.92 Å². The standard InChI is InChI=1S/C20H28N2O3/c1-24-18-10-14-5-6-22(12-15(14)11-19(18)25-2)20(23)9-13-7-16-3-4-17(8-13)21-16/h10-11,13,16-17,21H,3-9,12H2,1-2H3. The molecule has 5 nitrogen and oxygen atoms in total. The molecule has 3 heterocycles. The Morgan fingerprint density at radius 1 is 1.12 bits per heavy atom. The summed E-state index contributed by atoms with van der Waals surface area (Å²) in [6.45, 7) is 1.49. The van der Waals surface area contributed by atoms with Crippen LogP contribution in [0.5, 0.6) is 11.5 Å². The van der Waals surface area contributed by atoms with Crippen LogP contribution in [0.15, 0.2) is 12.1 Å². The smallest absolute Gasteiger partial charge is 0.223 e. The molecule has 0 saturated carbocycles. The van der Waals surface area contributed by atoms with E-state index in [2.05, 4.69) is 11.4 Å². The Morgan fingerprint density at radius 3 is 2.40 bits per heavy atom. The summed E-state index contributed by atoms with van der Waals surface area (Å²) in [4.78, 5) is 14.9.